The Morgan fingerprint density at radius 2 is 1.69 bits per heavy atom. The first kappa shape index (κ1) is 25.4. The molecule has 192 valence electrons. The topological polar surface area (TPSA) is 217 Å². The first-order valence-electron chi connectivity index (χ1n) is 10.5. The van der Waals surface area contributed by atoms with Gasteiger partial charge in [-0.1, -0.05) is 30.3 Å². The van der Waals surface area contributed by atoms with Gasteiger partial charge in [-0.2, -0.15) is 0 Å². The number of aromatic hydroxyl groups is 2. The molecule has 0 aliphatic carbocycles. The van der Waals surface area contributed by atoms with Crippen LogP contribution in [0.25, 0.3) is 22.3 Å². The molecule has 6 atom stereocenters. The van der Waals surface area contributed by atoms with Gasteiger partial charge in [-0.05, 0) is 0 Å². The van der Waals surface area contributed by atoms with Crippen molar-refractivity contribution in [3.63, 3.8) is 0 Å². The Labute approximate surface area is 201 Å². The minimum absolute atomic E-state index is 0.0205. The summed E-state index contributed by atoms with van der Waals surface area (Å²) in [6.07, 6.45) is -12.1. The molecule has 0 bridgehead atoms. The highest BCUT2D eigenvalue weighted by Crippen LogP contribution is 2.48. The maximum atomic E-state index is 12.9. The third-order valence-corrected chi connectivity index (χ3v) is 5.69. The van der Waals surface area contributed by atoms with Crippen LogP contribution in [0, 0.1) is 0 Å². The summed E-state index contributed by atoms with van der Waals surface area (Å²) in [7, 11) is 1.07. The summed E-state index contributed by atoms with van der Waals surface area (Å²) in [6, 6.07) is 9.38. The summed E-state index contributed by atoms with van der Waals surface area (Å²) in [5.41, 5.74) is -1.31. The molecule has 3 aromatic rings. The lowest BCUT2D eigenvalue weighted by molar-refractivity contribution is -0.271. The van der Waals surface area contributed by atoms with Gasteiger partial charge in [0, 0.05) is 18.7 Å². The van der Waals surface area contributed by atoms with E-state index in [0.717, 1.165) is 13.2 Å². The molecule has 7 N–H and O–H groups in total. The van der Waals surface area contributed by atoms with E-state index < -0.39 is 82.2 Å². The Hall–Kier alpha value is -3.72. The average Bonchev–Trinajstić information content (AvgIpc) is 2.86. The SMILES string of the molecule is COC(O)c1c(O[C@@H]2O[C@H](C(=O)O)[C@@H](O)[C@H](O)[C@H]2O)c(O)c(O)c2c(=O)cc(-c3ccccc3)oc12. The largest absolute Gasteiger partial charge is 0.504 e. The number of phenols is 2. The number of hydrogen-bond donors (Lipinski definition) is 7. The van der Waals surface area contributed by atoms with Gasteiger partial charge >= 0.3 is 5.97 Å². The Morgan fingerprint density at radius 3 is 2.31 bits per heavy atom. The fourth-order valence-electron chi connectivity index (χ4n) is 3.84. The quantitative estimate of drug-likeness (QED) is 0.170. The summed E-state index contributed by atoms with van der Waals surface area (Å²) >= 11 is 0. The minimum atomic E-state index is -2.04. The number of ether oxygens (including phenoxy) is 3. The van der Waals surface area contributed by atoms with Gasteiger partial charge < -0.3 is 54.4 Å². The van der Waals surface area contributed by atoms with Crippen molar-refractivity contribution >= 4 is 16.9 Å². The molecule has 1 saturated heterocycles. The van der Waals surface area contributed by atoms with Crippen LogP contribution in [-0.4, -0.2) is 79.5 Å². The Balaban J connectivity index is 1.93. The molecule has 1 aliphatic heterocycles. The molecular formula is C23H22O13. The highest BCUT2D eigenvalue weighted by atomic mass is 16.7. The molecular weight excluding hydrogens is 484 g/mol. The van der Waals surface area contributed by atoms with E-state index in [1.807, 2.05) is 0 Å². The summed E-state index contributed by atoms with van der Waals surface area (Å²) in [6.45, 7) is 0. The molecule has 36 heavy (non-hydrogen) atoms. The zero-order valence-electron chi connectivity index (χ0n) is 18.5. The van der Waals surface area contributed by atoms with E-state index in [9.17, 15) is 45.3 Å². The normalized spacial score (nSPS) is 25.0. The fraction of sp³-hybridized carbons (Fsp3) is 0.304. The molecule has 2 aromatic carbocycles. The van der Waals surface area contributed by atoms with E-state index in [-0.39, 0.29) is 5.76 Å². The number of aliphatic hydroxyl groups excluding tert-OH is 4. The zero-order valence-corrected chi connectivity index (χ0v) is 18.5. The van der Waals surface area contributed by atoms with Gasteiger partial charge in [0.1, 0.15) is 29.5 Å². The lowest BCUT2D eigenvalue weighted by Crippen LogP contribution is -2.61. The number of hydrogen-bond acceptors (Lipinski definition) is 12. The molecule has 1 aromatic heterocycles. The lowest BCUT2D eigenvalue weighted by Gasteiger charge is -2.38. The molecule has 1 aliphatic rings. The van der Waals surface area contributed by atoms with Crippen molar-refractivity contribution in [2.24, 2.45) is 0 Å². The van der Waals surface area contributed by atoms with E-state index in [1.54, 1.807) is 30.3 Å². The Kier molecular flexibility index (Phi) is 6.86. The predicted molar refractivity (Wildman–Crippen MR) is 118 cm³/mol. The summed E-state index contributed by atoms with van der Waals surface area (Å²) in [5.74, 6) is -4.59. The first-order valence-corrected chi connectivity index (χ1v) is 10.5. The fourth-order valence-corrected chi connectivity index (χ4v) is 3.84. The van der Waals surface area contributed by atoms with Crippen LogP contribution >= 0.6 is 0 Å². The van der Waals surface area contributed by atoms with Gasteiger partial charge in [0.05, 0.1) is 5.56 Å². The van der Waals surface area contributed by atoms with Gasteiger partial charge in [-0.15, -0.1) is 0 Å². The molecule has 1 fully saturated rings. The monoisotopic (exact) mass is 506 g/mol. The minimum Gasteiger partial charge on any atom is -0.504 e. The highest BCUT2D eigenvalue weighted by molar-refractivity contribution is 5.92. The number of methoxy groups -OCH3 is 1. The van der Waals surface area contributed by atoms with E-state index in [2.05, 4.69) is 0 Å². The smallest absolute Gasteiger partial charge is 0.335 e. The van der Waals surface area contributed by atoms with Gasteiger partial charge in [0.2, 0.25) is 12.0 Å². The highest BCUT2D eigenvalue weighted by Gasteiger charge is 2.49. The van der Waals surface area contributed by atoms with Crippen molar-refractivity contribution in [2.45, 2.75) is 37.0 Å². The Bertz CT molecular complexity index is 1340. The Morgan fingerprint density at radius 1 is 1.03 bits per heavy atom. The van der Waals surface area contributed by atoms with Gasteiger partial charge in [-0.25, -0.2) is 4.79 Å². The van der Waals surface area contributed by atoms with E-state index in [4.69, 9.17) is 18.6 Å². The van der Waals surface area contributed by atoms with Crippen LogP contribution < -0.4 is 10.2 Å². The van der Waals surface area contributed by atoms with Crippen molar-refractivity contribution in [3.8, 4) is 28.6 Å². The van der Waals surface area contributed by atoms with Crippen LogP contribution in [0.3, 0.4) is 0 Å². The summed E-state index contributed by atoms with van der Waals surface area (Å²) < 4.78 is 21.2. The van der Waals surface area contributed by atoms with Crippen LogP contribution in [0.1, 0.15) is 11.9 Å². The number of carboxylic acids is 1. The molecule has 2 heterocycles. The van der Waals surface area contributed by atoms with Crippen molar-refractivity contribution in [2.75, 3.05) is 7.11 Å². The first-order chi connectivity index (χ1) is 17.1. The van der Waals surface area contributed by atoms with Gasteiger partial charge in [-0.3, -0.25) is 4.79 Å². The number of aliphatic hydroxyl groups is 4. The second-order valence-electron chi connectivity index (χ2n) is 7.93. The van der Waals surface area contributed by atoms with E-state index in [1.165, 1.54) is 0 Å². The van der Waals surface area contributed by atoms with E-state index >= 15 is 0 Å². The van der Waals surface area contributed by atoms with Gasteiger partial charge in [0.15, 0.2) is 34.9 Å². The van der Waals surface area contributed by atoms with Crippen LogP contribution in [0.15, 0.2) is 45.6 Å². The van der Waals surface area contributed by atoms with Crippen molar-refractivity contribution in [1.82, 2.24) is 0 Å². The second-order valence-corrected chi connectivity index (χ2v) is 7.93. The summed E-state index contributed by atoms with van der Waals surface area (Å²) in [4.78, 5) is 24.3. The molecule has 0 amide bonds. The summed E-state index contributed by atoms with van der Waals surface area (Å²) in [5, 5.41) is 70.8. The third-order valence-electron chi connectivity index (χ3n) is 5.69. The molecule has 0 radical (unpaired) electrons. The number of aliphatic carboxylic acids is 1. The average molecular weight is 506 g/mol. The van der Waals surface area contributed by atoms with Crippen molar-refractivity contribution < 1.29 is 59.2 Å². The van der Waals surface area contributed by atoms with Crippen LogP contribution in [0.2, 0.25) is 0 Å². The maximum Gasteiger partial charge on any atom is 0.335 e. The molecule has 13 nitrogen and oxygen atoms in total. The molecule has 0 spiro atoms. The number of benzene rings is 2. The molecule has 4 rings (SSSR count). The predicted octanol–water partition coefficient (Wildman–Crippen LogP) is -0.220. The number of carbonyl (C=O) groups is 1. The van der Waals surface area contributed by atoms with Crippen LogP contribution in [0.5, 0.6) is 17.2 Å². The number of carboxylic acid groups (broad SMARTS) is 1. The van der Waals surface area contributed by atoms with Crippen molar-refractivity contribution in [1.29, 1.82) is 0 Å². The maximum absolute atomic E-state index is 12.9. The number of fused-ring (bicyclic) bond motifs is 1. The molecule has 1 unspecified atom stereocenters. The third kappa shape index (κ3) is 4.24. The molecule has 13 heteroatoms. The standard InChI is InChI=1S/C23H22O13/c1-33-22(32)12-18-11(9(24)7-10(34-18)8-5-3-2-4-6-8)13(25)15(27)19(12)35-23-17(29)14(26)16(28)20(36-23)21(30)31/h2-7,14,16-17,20,22-23,25-29,32H,1H3,(H,30,31)/t14-,16-,17+,20-,22?,23+/m0/s1. The number of phenolic OH excluding ortho intramolecular Hbond substituents is 2. The van der Waals surface area contributed by atoms with Gasteiger partial charge in [0.25, 0.3) is 0 Å². The second kappa shape index (κ2) is 9.73. The lowest BCUT2D eigenvalue weighted by atomic mass is 9.99. The zero-order chi connectivity index (χ0) is 26.3. The van der Waals surface area contributed by atoms with Crippen LogP contribution in [0.4, 0.5) is 0 Å². The molecule has 0 saturated carbocycles. The van der Waals surface area contributed by atoms with Crippen molar-refractivity contribution in [3.05, 3.63) is 52.2 Å². The van der Waals surface area contributed by atoms with Crippen LogP contribution in [-0.2, 0) is 14.3 Å². The number of rotatable bonds is 6. The van der Waals surface area contributed by atoms with E-state index in [0.29, 0.717) is 5.56 Å².